The number of amides is 2. The van der Waals surface area contributed by atoms with Crippen LogP contribution in [0.1, 0.15) is 5.56 Å². The number of likely N-dealkylation sites (N-methyl/N-ethyl adjacent to an activating group) is 1. The lowest BCUT2D eigenvalue weighted by Gasteiger charge is -2.21. The van der Waals surface area contributed by atoms with Crippen molar-refractivity contribution in [3.8, 4) is 0 Å². The highest BCUT2D eigenvalue weighted by Crippen LogP contribution is 2.39. The Morgan fingerprint density at radius 3 is 1.97 bits per heavy atom. The number of carbonyl (C=O) groups excluding carboxylic acids is 2. The topological polar surface area (TPSA) is 40.6 Å². The number of thioether (sulfide) groups is 1. The zero-order chi connectivity index (χ0) is 20.4. The third-order valence-electron chi connectivity index (χ3n) is 4.75. The SMILES string of the molecule is Cc1ccc(N2C(=O)C(Sc3ccccc3)=C(N(C)c3ccccc3)C2=O)cc1. The lowest BCUT2D eigenvalue weighted by Crippen LogP contribution is -2.34. The van der Waals surface area contributed by atoms with Gasteiger partial charge in [0.05, 0.1) is 5.69 Å². The Kier molecular flexibility index (Phi) is 5.23. The Hall–Kier alpha value is -3.31. The van der Waals surface area contributed by atoms with E-state index >= 15 is 0 Å². The molecule has 3 aromatic rings. The molecule has 0 aromatic heterocycles. The molecule has 0 saturated heterocycles. The van der Waals surface area contributed by atoms with Crippen LogP contribution < -0.4 is 9.80 Å². The number of aryl methyl sites for hydroxylation is 1. The minimum atomic E-state index is -0.316. The van der Waals surface area contributed by atoms with Crippen LogP contribution in [-0.4, -0.2) is 18.9 Å². The third kappa shape index (κ3) is 3.69. The van der Waals surface area contributed by atoms with Crippen LogP contribution in [0.5, 0.6) is 0 Å². The highest BCUT2D eigenvalue weighted by molar-refractivity contribution is 8.04. The molecular weight excluding hydrogens is 380 g/mol. The molecule has 144 valence electrons. The highest BCUT2D eigenvalue weighted by Gasteiger charge is 2.42. The first-order chi connectivity index (χ1) is 14.1. The number of benzene rings is 3. The van der Waals surface area contributed by atoms with Gasteiger partial charge in [0.2, 0.25) is 0 Å². The van der Waals surface area contributed by atoms with Gasteiger partial charge in [-0.15, -0.1) is 0 Å². The zero-order valence-corrected chi connectivity index (χ0v) is 17.0. The summed E-state index contributed by atoms with van der Waals surface area (Å²) in [4.78, 5) is 31.1. The minimum Gasteiger partial charge on any atom is -0.339 e. The maximum absolute atomic E-state index is 13.4. The van der Waals surface area contributed by atoms with Crippen molar-refractivity contribution in [1.29, 1.82) is 0 Å². The summed E-state index contributed by atoms with van der Waals surface area (Å²) in [6.45, 7) is 1.97. The van der Waals surface area contributed by atoms with E-state index in [0.29, 0.717) is 16.3 Å². The van der Waals surface area contributed by atoms with Gasteiger partial charge in [-0.25, -0.2) is 4.90 Å². The standard InChI is InChI=1S/C24H20N2O2S/c1-17-13-15-19(16-14-17)26-23(27)21(25(2)18-9-5-3-6-10-18)22(24(26)28)29-20-11-7-4-8-12-20/h3-16H,1-2H3. The Balaban J connectivity index is 1.79. The van der Waals surface area contributed by atoms with Crippen molar-refractivity contribution in [1.82, 2.24) is 0 Å². The first kappa shape index (κ1) is 19.0. The minimum absolute atomic E-state index is 0.300. The molecule has 0 fully saturated rings. The molecule has 0 spiro atoms. The molecule has 1 aliphatic heterocycles. The average Bonchev–Trinajstić information content (AvgIpc) is 2.99. The molecule has 0 atom stereocenters. The Morgan fingerprint density at radius 1 is 0.759 bits per heavy atom. The Morgan fingerprint density at radius 2 is 1.34 bits per heavy atom. The van der Waals surface area contributed by atoms with E-state index in [1.165, 1.54) is 16.7 Å². The van der Waals surface area contributed by atoms with E-state index in [4.69, 9.17) is 0 Å². The summed E-state index contributed by atoms with van der Waals surface area (Å²) >= 11 is 1.32. The molecule has 4 rings (SSSR count). The van der Waals surface area contributed by atoms with Crippen molar-refractivity contribution >= 4 is 35.0 Å². The molecule has 3 aromatic carbocycles. The largest absolute Gasteiger partial charge is 0.339 e. The van der Waals surface area contributed by atoms with Crippen LogP contribution in [0.3, 0.4) is 0 Å². The van der Waals surface area contributed by atoms with Crippen LogP contribution in [-0.2, 0) is 9.59 Å². The van der Waals surface area contributed by atoms with E-state index in [1.54, 1.807) is 17.0 Å². The summed E-state index contributed by atoms with van der Waals surface area (Å²) in [6.07, 6.45) is 0. The second-order valence-electron chi connectivity index (χ2n) is 6.77. The maximum Gasteiger partial charge on any atom is 0.283 e. The van der Waals surface area contributed by atoms with Crippen molar-refractivity contribution < 1.29 is 9.59 Å². The molecule has 0 unspecified atom stereocenters. The average molecular weight is 401 g/mol. The number of carbonyl (C=O) groups is 2. The molecule has 29 heavy (non-hydrogen) atoms. The first-order valence-corrected chi connectivity index (χ1v) is 10.1. The quantitative estimate of drug-likeness (QED) is 0.565. The summed E-state index contributed by atoms with van der Waals surface area (Å²) in [5.41, 5.74) is 2.88. The van der Waals surface area contributed by atoms with Gasteiger partial charge in [-0.1, -0.05) is 65.9 Å². The molecule has 5 heteroatoms. The van der Waals surface area contributed by atoms with Gasteiger partial charge in [-0.3, -0.25) is 9.59 Å². The highest BCUT2D eigenvalue weighted by atomic mass is 32.2. The molecular formula is C24H20N2O2S. The number of imide groups is 1. The summed E-state index contributed by atoms with van der Waals surface area (Å²) < 4.78 is 0. The van der Waals surface area contributed by atoms with Gasteiger partial charge in [0, 0.05) is 17.6 Å². The van der Waals surface area contributed by atoms with Crippen LogP contribution in [0.25, 0.3) is 0 Å². The lowest BCUT2D eigenvalue weighted by atomic mass is 10.2. The molecule has 0 N–H and O–H groups in total. The molecule has 1 heterocycles. The van der Waals surface area contributed by atoms with E-state index < -0.39 is 0 Å². The summed E-state index contributed by atoms with van der Waals surface area (Å²) in [7, 11) is 1.82. The van der Waals surface area contributed by atoms with E-state index in [2.05, 4.69) is 0 Å². The lowest BCUT2D eigenvalue weighted by molar-refractivity contribution is -0.120. The van der Waals surface area contributed by atoms with Crippen LogP contribution in [0.2, 0.25) is 0 Å². The van der Waals surface area contributed by atoms with Crippen molar-refractivity contribution in [3.63, 3.8) is 0 Å². The maximum atomic E-state index is 13.4. The van der Waals surface area contributed by atoms with Gasteiger partial charge in [0.1, 0.15) is 10.6 Å². The van der Waals surface area contributed by atoms with E-state index in [-0.39, 0.29) is 11.8 Å². The Bertz CT molecular complexity index is 1080. The van der Waals surface area contributed by atoms with Gasteiger partial charge in [-0.2, -0.15) is 0 Å². The summed E-state index contributed by atoms with van der Waals surface area (Å²) in [5, 5.41) is 0. The fourth-order valence-electron chi connectivity index (χ4n) is 3.20. The van der Waals surface area contributed by atoms with Gasteiger partial charge < -0.3 is 4.90 Å². The van der Waals surface area contributed by atoms with Crippen LogP contribution >= 0.6 is 11.8 Å². The first-order valence-electron chi connectivity index (χ1n) is 9.27. The van der Waals surface area contributed by atoms with E-state index in [0.717, 1.165) is 16.1 Å². The van der Waals surface area contributed by atoms with Crippen molar-refractivity contribution in [3.05, 3.63) is 101 Å². The predicted octanol–water partition coefficient (Wildman–Crippen LogP) is 5.01. The van der Waals surface area contributed by atoms with Crippen molar-refractivity contribution in [2.45, 2.75) is 11.8 Å². The number of para-hydroxylation sites is 1. The number of hydrogen-bond donors (Lipinski definition) is 0. The van der Waals surface area contributed by atoms with Crippen molar-refractivity contribution in [2.75, 3.05) is 16.8 Å². The van der Waals surface area contributed by atoms with Crippen LogP contribution in [0, 0.1) is 6.92 Å². The number of anilines is 2. The Labute approximate surface area is 174 Å². The second-order valence-corrected chi connectivity index (χ2v) is 7.85. The van der Waals surface area contributed by atoms with Gasteiger partial charge in [0.15, 0.2) is 0 Å². The number of nitrogens with zero attached hydrogens (tertiary/aromatic N) is 2. The fraction of sp³-hybridized carbons (Fsp3) is 0.0833. The normalized spacial score (nSPS) is 13.9. The molecule has 0 saturated carbocycles. The molecule has 4 nitrogen and oxygen atoms in total. The third-order valence-corrected chi connectivity index (χ3v) is 5.83. The molecule has 0 aliphatic carbocycles. The van der Waals surface area contributed by atoms with Gasteiger partial charge in [-0.05, 0) is 43.3 Å². The van der Waals surface area contributed by atoms with Crippen LogP contribution in [0.15, 0.2) is 100 Å². The second kappa shape index (κ2) is 7.97. The van der Waals surface area contributed by atoms with Crippen molar-refractivity contribution in [2.24, 2.45) is 0 Å². The van der Waals surface area contributed by atoms with Crippen LogP contribution in [0.4, 0.5) is 11.4 Å². The molecule has 1 aliphatic rings. The van der Waals surface area contributed by atoms with E-state index in [1.807, 2.05) is 86.8 Å². The van der Waals surface area contributed by atoms with Gasteiger partial charge >= 0.3 is 0 Å². The molecule has 0 bridgehead atoms. The smallest absolute Gasteiger partial charge is 0.283 e. The number of rotatable bonds is 5. The monoisotopic (exact) mass is 400 g/mol. The zero-order valence-electron chi connectivity index (χ0n) is 16.2. The number of hydrogen-bond acceptors (Lipinski definition) is 4. The van der Waals surface area contributed by atoms with E-state index in [9.17, 15) is 9.59 Å². The van der Waals surface area contributed by atoms with Gasteiger partial charge in [0.25, 0.3) is 11.8 Å². The fourth-order valence-corrected chi connectivity index (χ4v) is 4.23. The predicted molar refractivity (Wildman–Crippen MR) is 118 cm³/mol. The molecule has 2 amide bonds. The summed E-state index contributed by atoms with van der Waals surface area (Å²) in [5.74, 6) is -0.617. The summed E-state index contributed by atoms with van der Waals surface area (Å²) in [6, 6.07) is 26.6. The molecule has 0 radical (unpaired) electrons.